The molecule has 0 amide bonds. The lowest BCUT2D eigenvalue weighted by atomic mass is 10.1. The molecule has 0 aliphatic carbocycles. The van der Waals surface area contributed by atoms with Crippen molar-refractivity contribution in [3.63, 3.8) is 0 Å². The lowest BCUT2D eigenvalue weighted by Crippen LogP contribution is -2.06. The van der Waals surface area contributed by atoms with Gasteiger partial charge >= 0.3 is 5.97 Å². The fraction of sp³-hybridized carbons (Fsp3) is 0.400. The maximum Gasteiger partial charge on any atom is 0.378 e. The maximum atomic E-state index is 12.0. The number of aryl methyl sites for hydroxylation is 1. The van der Waals surface area contributed by atoms with Gasteiger partial charge in [-0.25, -0.2) is 4.79 Å². The molecule has 0 radical (unpaired) electrons. The molecular weight excluding hydrogens is 244 g/mol. The molecule has 1 aromatic carbocycles. The average Bonchev–Trinajstić information content (AvgIpc) is 2.83. The Balaban J connectivity index is 2.53. The second kappa shape index (κ2) is 5.78. The van der Waals surface area contributed by atoms with Crippen LogP contribution in [0.4, 0.5) is 0 Å². The molecule has 1 heterocycles. The molecule has 0 fully saturated rings. The normalized spacial score (nSPS) is 10.7. The Hall–Kier alpha value is -1.97. The highest BCUT2D eigenvalue weighted by molar-refractivity contribution is 6.00. The SMILES string of the molecule is CCCOC(=O)c1oc2cccc(CC)c2c1OC. The molecule has 102 valence electrons. The minimum atomic E-state index is -0.475. The largest absolute Gasteiger partial charge is 0.492 e. The van der Waals surface area contributed by atoms with Crippen molar-refractivity contribution in [1.29, 1.82) is 0 Å². The van der Waals surface area contributed by atoms with Crippen LogP contribution in [0.5, 0.6) is 5.75 Å². The third-order valence-corrected chi connectivity index (χ3v) is 2.97. The quantitative estimate of drug-likeness (QED) is 0.773. The third-order valence-electron chi connectivity index (χ3n) is 2.97. The van der Waals surface area contributed by atoms with Gasteiger partial charge < -0.3 is 13.9 Å². The zero-order chi connectivity index (χ0) is 13.8. The Morgan fingerprint density at radius 1 is 1.32 bits per heavy atom. The highest BCUT2D eigenvalue weighted by Crippen LogP contribution is 2.36. The van der Waals surface area contributed by atoms with Gasteiger partial charge in [0.1, 0.15) is 5.58 Å². The smallest absolute Gasteiger partial charge is 0.378 e. The van der Waals surface area contributed by atoms with Crippen molar-refractivity contribution in [1.82, 2.24) is 0 Å². The van der Waals surface area contributed by atoms with Crippen LogP contribution in [0.3, 0.4) is 0 Å². The maximum absolute atomic E-state index is 12.0. The molecule has 1 aromatic heterocycles. The van der Waals surface area contributed by atoms with Gasteiger partial charge in [-0.2, -0.15) is 0 Å². The van der Waals surface area contributed by atoms with Gasteiger partial charge in [0, 0.05) is 0 Å². The summed E-state index contributed by atoms with van der Waals surface area (Å²) >= 11 is 0. The zero-order valence-corrected chi connectivity index (χ0v) is 11.5. The number of methoxy groups -OCH3 is 1. The van der Waals surface area contributed by atoms with Gasteiger partial charge in [0.15, 0.2) is 5.75 Å². The minimum absolute atomic E-state index is 0.145. The van der Waals surface area contributed by atoms with E-state index >= 15 is 0 Å². The molecule has 19 heavy (non-hydrogen) atoms. The molecular formula is C15H18O4. The highest BCUT2D eigenvalue weighted by atomic mass is 16.6. The van der Waals surface area contributed by atoms with E-state index in [0.717, 1.165) is 23.8 Å². The number of hydrogen-bond acceptors (Lipinski definition) is 4. The van der Waals surface area contributed by atoms with Crippen LogP contribution in [0.1, 0.15) is 36.4 Å². The number of rotatable bonds is 5. The van der Waals surface area contributed by atoms with E-state index in [4.69, 9.17) is 13.9 Å². The van der Waals surface area contributed by atoms with E-state index in [0.29, 0.717) is 17.9 Å². The summed E-state index contributed by atoms with van der Waals surface area (Å²) in [6, 6.07) is 5.74. The summed E-state index contributed by atoms with van der Waals surface area (Å²) in [7, 11) is 1.54. The number of benzene rings is 1. The van der Waals surface area contributed by atoms with Gasteiger partial charge in [0.25, 0.3) is 5.76 Å². The lowest BCUT2D eigenvalue weighted by molar-refractivity contribution is 0.0466. The summed E-state index contributed by atoms with van der Waals surface area (Å²) < 4.78 is 16.0. The molecule has 0 aliphatic heterocycles. The van der Waals surface area contributed by atoms with Crippen LogP contribution >= 0.6 is 0 Å². The van der Waals surface area contributed by atoms with Gasteiger partial charge in [-0.05, 0) is 24.5 Å². The van der Waals surface area contributed by atoms with Crippen LogP contribution in [-0.4, -0.2) is 19.7 Å². The standard InChI is InChI=1S/C15H18O4/c1-4-9-18-15(16)14-13(17-3)12-10(5-2)7-6-8-11(12)19-14/h6-8H,4-5,9H2,1-3H3. The number of fused-ring (bicyclic) bond motifs is 1. The molecule has 0 aliphatic rings. The third kappa shape index (κ3) is 2.43. The first-order valence-electron chi connectivity index (χ1n) is 6.48. The Morgan fingerprint density at radius 2 is 2.11 bits per heavy atom. The first-order chi connectivity index (χ1) is 9.22. The zero-order valence-electron chi connectivity index (χ0n) is 11.5. The number of esters is 1. The van der Waals surface area contributed by atoms with E-state index in [9.17, 15) is 4.79 Å². The van der Waals surface area contributed by atoms with E-state index in [-0.39, 0.29) is 5.76 Å². The van der Waals surface area contributed by atoms with Gasteiger partial charge in [-0.15, -0.1) is 0 Å². The van der Waals surface area contributed by atoms with Crippen molar-refractivity contribution in [3.8, 4) is 5.75 Å². The number of ether oxygens (including phenoxy) is 2. The molecule has 0 spiro atoms. The van der Waals surface area contributed by atoms with Crippen LogP contribution in [0, 0.1) is 0 Å². The highest BCUT2D eigenvalue weighted by Gasteiger charge is 2.24. The van der Waals surface area contributed by atoms with Crippen molar-refractivity contribution >= 4 is 16.9 Å². The molecule has 2 rings (SSSR count). The molecule has 0 N–H and O–H groups in total. The van der Waals surface area contributed by atoms with Crippen LogP contribution < -0.4 is 4.74 Å². The molecule has 2 aromatic rings. The number of hydrogen-bond donors (Lipinski definition) is 0. The second-order valence-electron chi connectivity index (χ2n) is 4.24. The van der Waals surface area contributed by atoms with Crippen molar-refractivity contribution in [2.24, 2.45) is 0 Å². The molecule has 0 saturated heterocycles. The van der Waals surface area contributed by atoms with Gasteiger partial charge in [0.05, 0.1) is 19.1 Å². The molecule has 0 bridgehead atoms. The van der Waals surface area contributed by atoms with Crippen LogP contribution in [-0.2, 0) is 11.2 Å². The molecule has 4 nitrogen and oxygen atoms in total. The Bertz CT molecular complexity index is 583. The predicted molar refractivity (Wildman–Crippen MR) is 72.7 cm³/mol. The van der Waals surface area contributed by atoms with Gasteiger partial charge in [-0.1, -0.05) is 26.0 Å². The predicted octanol–water partition coefficient (Wildman–Crippen LogP) is 3.57. The van der Waals surface area contributed by atoms with Gasteiger partial charge in [-0.3, -0.25) is 0 Å². The van der Waals surface area contributed by atoms with Crippen LogP contribution in [0.25, 0.3) is 11.0 Å². The first kappa shape index (κ1) is 13.5. The van der Waals surface area contributed by atoms with Crippen LogP contribution in [0.2, 0.25) is 0 Å². The van der Waals surface area contributed by atoms with Crippen molar-refractivity contribution < 1.29 is 18.7 Å². The van der Waals surface area contributed by atoms with E-state index in [1.165, 1.54) is 7.11 Å². The van der Waals surface area contributed by atoms with Crippen LogP contribution in [0.15, 0.2) is 22.6 Å². The molecule has 4 heteroatoms. The van der Waals surface area contributed by atoms with Crippen molar-refractivity contribution in [2.45, 2.75) is 26.7 Å². The summed E-state index contributed by atoms with van der Waals surface area (Å²) in [5.74, 6) is 0.136. The first-order valence-corrected chi connectivity index (χ1v) is 6.48. The topological polar surface area (TPSA) is 48.7 Å². The number of carbonyl (C=O) groups is 1. The van der Waals surface area contributed by atoms with Crippen molar-refractivity contribution in [3.05, 3.63) is 29.5 Å². The van der Waals surface area contributed by atoms with Crippen molar-refractivity contribution in [2.75, 3.05) is 13.7 Å². The van der Waals surface area contributed by atoms with Gasteiger partial charge in [0.2, 0.25) is 0 Å². The van der Waals surface area contributed by atoms with E-state index in [2.05, 4.69) is 6.92 Å². The minimum Gasteiger partial charge on any atom is -0.492 e. The monoisotopic (exact) mass is 262 g/mol. The number of carbonyl (C=O) groups excluding carboxylic acids is 1. The Labute approximate surface area is 112 Å². The summed E-state index contributed by atoms with van der Waals surface area (Å²) in [5, 5.41) is 0.857. The average molecular weight is 262 g/mol. The summed E-state index contributed by atoms with van der Waals surface area (Å²) in [5.41, 5.74) is 1.74. The summed E-state index contributed by atoms with van der Waals surface area (Å²) in [6.07, 6.45) is 1.62. The van der Waals surface area contributed by atoms with E-state index < -0.39 is 5.97 Å². The second-order valence-corrected chi connectivity index (χ2v) is 4.24. The summed E-state index contributed by atoms with van der Waals surface area (Å²) in [6.45, 7) is 4.37. The molecule has 0 saturated carbocycles. The number of furan rings is 1. The Kier molecular flexibility index (Phi) is 4.10. The fourth-order valence-corrected chi connectivity index (χ4v) is 2.07. The fourth-order valence-electron chi connectivity index (χ4n) is 2.07. The Morgan fingerprint density at radius 3 is 2.74 bits per heavy atom. The lowest BCUT2D eigenvalue weighted by Gasteiger charge is -2.03. The summed E-state index contributed by atoms with van der Waals surface area (Å²) in [4.78, 5) is 12.0. The van der Waals surface area contributed by atoms with E-state index in [1.807, 2.05) is 25.1 Å². The van der Waals surface area contributed by atoms with E-state index in [1.54, 1.807) is 0 Å². The molecule has 0 unspecified atom stereocenters. The molecule has 0 atom stereocenters.